The highest BCUT2D eigenvalue weighted by Gasteiger charge is 2.40. The van der Waals surface area contributed by atoms with Crippen molar-refractivity contribution in [2.45, 2.75) is 120 Å². The van der Waals surface area contributed by atoms with Gasteiger partial charge in [0, 0.05) is 42.3 Å². The average molecular weight is 840 g/mol. The fraction of sp³-hybridized carbons (Fsp3) is 0.523. The molecule has 6 rings (SSSR count). The van der Waals surface area contributed by atoms with Crippen LogP contribution in [-0.4, -0.2) is 101 Å². The highest BCUT2D eigenvalue weighted by molar-refractivity contribution is 5.99. The number of hydrogen-bond donors (Lipinski definition) is 9. The molecule has 6 amide bonds. The number of rotatable bonds is 11. The molecule has 3 aliphatic rings. The number of H-pyrrole nitrogens is 1. The number of aliphatic imine (C=N–C) groups is 1. The molecule has 6 atom stereocenters. The maximum absolute atomic E-state index is 14.6. The van der Waals surface area contributed by atoms with Crippen LogP contribution in [0.5, 0.6) is 0 Å². The van der Waals surface area contributed by atoms with Gasteiger partial charge in [-0.15, -0.1) is 0 Å². The molecule has 12 N–H and O–H groups in total. The van der Waals surface area contributed by atoms with Gasteiger partial charge in [0.1, 0.15) is 30.2 Å². The van der Waals surface area contributed by atoms with Crippen molar-refractivity contribution in [3.05, 3.63) is 71.9 Å². The summed E-state index contributed by atoms with van der Waals surface area (Å²) in [6.45, 7) is 0.588. The fourth-order valence-corrected chi connectivity index (χ4v) is 8.78. The van der Waals surface area contributed by atoms with E-state index in [0.29, 0.717) is 36.6 Å². The van der Waals surface area contributed by atoms with E-state index < -0.39 is 71.7 Å². The van der Waals surface area contributed by atoms with E-state index >= 15 is 0 Å². The number of guanidine groups is 1. The number of para-hydroxylation sites is 1. The molecule has 0 bridgehead atoms. The maximum atomic E-state index is 14.6. The van der Waals surface area contributed by atoms with Gasteiger partial charge >= 0.3 is 0 Å². The van der Waals surface area contributed by atoms with Crippen LogP contribution >= 0.6 is 0 Å². The zero-order valence-corrected chi connectivity index (χ0v) is 34.7. The number of aromatic amines is 1. The molecule has 3 heterocycles. The Labute approximate surface area is 356 Å². The minimum Gasteiger partial charge on any atom is -0.370 e. The third-order valence-electron chi connectivity index (χ3n) is 12.0. The SMILES string of the molecule is NC(N)=NCCC[C@@H]1NC(=O)[C@H](c2c[nH]c3ccccc23)NC(=O)[C@@H](CC2CCCCC2)NC(=O)[C@@H]2CCCN2C(=O)[C@@H](NC(=O)[C@@H](N)Cc2ccccc2)CCCNC1=O. The molecule has 2 saturated heterocycles. The Balaban J connectivity index is 1.31. The first kappa shape index (κ1) is 44.6. The van der Waals surface area contributed by atoms with Crippen molar-refractivity contribution in [1.29, 1.82) is 0 Å². The van der Waals surface area contributed by atoms with Crippen LogP contribution in [0.3, 0.4) is 0 Å². The maximum Gasteiger partial charge on any atom is 0.247 e. The Hall–Kier alpha value is -5.97. The smallest absolute Gasteiger partial charge is 0.247 e. The molecule has 1 saturated carbocycles. The van der Waals surface area contributed by atoms with Crippen LogP contribution in [0.2, 0.25) is 0 Å². The highest BCUT2D eigenvalue weighted by Crippen LogP contribution is 2.29. The minimum atomic E-state index is -1.25. The summed E-state index contributed by atoms with van der Waals surface area (Å²) in [4.78, 5) is 93.9. The summed E-state index contributed by atoms with van der Waals surface area (Å²) in [6.07, 6.45) is 8.97. The summed E-state index contributed by atoms with van der Waals surface area (Å²) >= 11 is 0. The number of carbonyl (C=O) groups is 6. The van der Waals surface area contributed by atoms with E-state index in [2.05, 4.69) is 36.6 Å². The van der Waals surface area contributed by atoms with Gasteiger partial charge in [0.2, 0.25) is 35.4 Å². The van der Waals surface area contributed by atoms with Crippen LogP contribution < -0.4 is 43.8 Å². The topological polar surface area (TPSA) is 272 Å². The number of aromatic nitrogens is 1. The number of nitrogens with zero attached hydrogens (tertiary/aromatic N) is 2. The molecule has 0 spiro atoms. The molecule has 2 aromatic carbocycles. The van der Waals surface area contributed by atoms with Gasteiger partial charge in [-0.05, 0) is 68.9 Å². The minimum absolute atomic E-state index is 0.101. The third kappa shape index (κ3) is 12.1. The molecule has 17 nitrogen and oxygen atoms in total. The molecule has 61 heavy (non-hydrogen) atoms. The summed E-state index contributed by atoms with van der Waals surface area (Å²) in [5.74, 6) is -3.06. The molecule has 328 valence electrons. The van der Waals surface area contributed by atoms with Gasteiger partial charge in [-0.2, -0.15) is 0 Å². The van der Waals surface area contributed by atoms with Crippen molar-refractivity contribution in [2.75, 3.05) is 19.6 Å². The fourth-order valence-electron chi connectivity index (χ4n) is 8.78. The molecule has 17 heteroatoms. The Morgan fingerprint density at radius 3 is 2.31 bits per heavy atom. The quantitative estimate of drug-likeness (QED) is 0.0764. The second-order valence-electron chi connectivity index (χ2n) is 16.5. The van der Waals surface area contributed by atoms with Crippen molar-refractivity contribution in [1.82, 2.24) is 36.5 Å². The number of nitrogens with two attached hydrogens (primary N) is 3. The van der Waals surface area contributed by atoms with Crippen molar-refractivity contribution >= 4 is 52.3 Å². The summed E-state index contributed by atoms with van der Waals surface area (Å²) in [5.41, 5.74) is 19.5. The van der Waals surface area contributed by atoms with Crippen LogP contribution in [0.15, 0.2) is 65.8 Å². The summed E-state index contributed by atoms with van der Waals surface area (Å²) in [7, 11) is 0. The molecule has 0 unspecified atom stereocenters. The molecular weight excluding hydrogens is 779 g/mol. The van der Waals surface area contributed by atoms with Crippen LogP contribution in [0.4, 0.5) is 0 Å². The predicted octanol–water partition coefficient (Wildman–Crippen LogP) is 1.27. The van der Waals surface area contributed by atoms with Gasteiger partial charge in [-0.25, -0.2) is 0 Å². The van der Waals surface area contributed by atoms with E-state index in [0.717, 1.165) is 43.2 Å². The van der Waals surface area contributed by atoms with Gasteiger partial charge < -0.3 is 53.7 Å². The first-order valence-corrected chi connectivity index (χ1v) is 21.7. The molecular formula is C44H61N11O6. The van der Waals surface area contributed by atoms with Crippen LogP contribution in [0.1, 0.15) is 94.2 Å². The number of nitrogens with one attached hydrogen (secondary N) is 6. The number of hydrogen-bond acceptors (Lipinski definition) is 8. The second kappa shape index (κ2) is 21.5. The molecule has 2 aliphatic heterocycles. The number of fused-ring (bicyclic) bond motifs is 2. The Kier molecular flexibility index (Phi) is 15.7. The molecule has 3 fully saturated rings. The average Bonchev–Trinajstić information content (AvgIpc) is 3.93. The normalized spacial score (nSPS) is 24.3. The number of benzene rings is 2. The molecule has 1 aromatic heterocycles. The standard InChI is InChI=1S/C44H61N11O6/c45-31(24-27-12-3-1-4-13-27)38(56)52-34-19-10-21-48-39(57)33(18-9-22-49-44(46)47)51-42(60)37(30-26-50-32-17-8-7-16-29(30)32)54-40(58)35(25-28-14-5-2-6-15-28)53-41(59)36-20-11-23-55(36)43(34)61/h1,3-4,7-8,12-13,16-17,26,28,31,33-37,50H,2,5-6,9-11,14-15,18-25,45H2,(H,48,57)(H,51,60)(H,52,56)(H,53,59)(H,54,58)(H4,46,47,49)/t31-,33-,34-,35+,36-,37-/m0/s1. The zero-order valence-electron chi connectivity index (χ0n) is 34.7. The molecule has 1 aliphatic carbocycles. The van der Waals surface area contributed by atoms with E-state index in [1.807, 2.05) is 54.6 Å². The van der Waals surface area contributed by atoms with Gasteiger partial charge in [-0.3, -0.25) is 33.8 Å². The monoisotopic (exact) mass is 839 g/mol. The summed E-state index contributed by atoms with van der Waals surface area (Å²) in [5, 5.41) is 15.3. The lowest BCUT2D eigenvalue weighted by atomic mass is 9.84. The predicted molar refractivity (Wildman–Crippen MR) is 231 cm³/mol. The van der Waals surface area contributed by atoms with Crippen molar-refractivity contribution in [3.8, 4) is 0 Å². The lowest BCUT2D eigenvalue weighted by molar-refractivity contribution is -0.142. The van der Waals surface area contributed by atoms with Crippen LogP contribution in [-0.2, 0) is 35.2 Å². The Bertz CT molecular complexity index is 2030. The van der Waals surface area contributed by atoms with Crippen molar-refractivity contribution in [3.63, 3.8) is 0 Å². The summed E-state index contributed by atoms with van der Waals surface area (Å²) < 4.78 is 0. The first-order chi connectivity index (χ1) is 29.5. The van der Waals surface area contributed by atoms with E-state index in [-0.39, 0.29) is 57.2 Å². The van der Waals surface area contributed by atoms with Gasteiger partial charge in [0.15, 0.2) is 5.96 Å². The second-order valence-corrected chi connectivity index (χ2v) is 16.5. The van der Waals surface area contributed by atoms with Crippen molar-refractivity contribution < 1.29 is 28.8 Å². The number of carbonyl (C=O) groups excluding carboxylic acids is 6. The van der Waals surface area contributed by atoms with Gasteiger partial charge in [0.05, 0.1) is 6.04 Å². The molecule has 3 aromatic rings. The van der Waals surface area contributed by atoms with Crippen molar-refractivity contribution in [2.24, 2.45) is 28.1 Å². The third-order valence-corrected chi connectivity index (χ3v) is 12.0. The van der Waals surface area contributed by atoms with Gasteiger partial charge in [-0.1, -0.05) is 80.6 Å². The van der Waals surface area contributed by atoms with E-state index in [1.165, 1.54) is 4.90 Å². The zero-order chi connectivity index (χ0) is 43.3. The largest absolute Gasteiger partial charge is 0.370 e. The Morgan fingerprint density at radius 1 is 0.803 bits per heavy atom. The van der Waals surface area contributed by atoms with Gasteiger partial charge in [0.25, 0.3) is 0 Å². The number of amides is 6. The van der Waals surface area contributed by atoms with E-state index in [1.54, 1.807) is 6.20 Å². The van der Waals surface area contributed by atoms with E-state index in [9.17, 15) is 28.8 Å². The molecule has 0 radical (unpaired) electrons. The summed E-state index contributed by atoms with van der Waals surface area (Å²) in [6, 6.07) is 10.5. The van der Waals surface area contributed by atoms with Crippen LogP contribution in [0.25, 0.3) is 10.9 Å². The Morgan fingerprint density at radius 2 is 1.54 bits per heavy atom. The van der Waals surface area contributed by atoms with E-state index in [4.69, 9.17) is 17.2 Å². The van der Waals surface area contributed by atoms with Crippen LogP contribution in [0, 0.1) is 5.92 Å². The highest BCUT2D eigenvalue weighted by atomic mass is 16.2. The lowest BCUT2D eigenvalue weighted by Gasteiger charge is -2.32. The first-order valence-electron chi connectivity index (χ1n) is 21.7. The lowest BCUT2D eigenvalue weighted by Crippen LogP contribution is -2.58.